The smallest absolute Gasteiger partial charge is 0.245 e. The highest BCUT2D eigenvalue weighted by Gasteiger charge is 2.35. The van der Waals surface area contributed by atoms with E-state index in [4.69, 9.17) is 0 Å². The third-order valence-corrected chi connectivity index (χ3v) is 6.67. The fraction of sp³-hybridized carbons (Fsp3) is 0.467. The molecule has 1 N–H and O–H groups in total. The summed E-state index contributed by atoms with van der Waals surface area (Å²) in [7, 11) is -3.57. The van der Waals surface area contributed by atoms with Gasteiger partial charge in [0, 0.05) is 37.1 Å². The summed E-state index contributed by atoms with van der Waals surface area (Å²) in [5.74, 6) is -0.232. The van der Waals surface area contributed by atoms with Crippen LogP contribution in [0, 0.1) is 0 Å². The second-order valence-corrected chi connectivity index (χ2v) is 8.70. The molecule has 1 aromatic carbocycles. The highest BCUT2D eigenvalue weighted by atomic mass is 79.9. The third-order valence-electron chi connectivity index (χ3n) is 4.28. The number of carbonyl (C=O) groups is 2. The van der Waals surface area contributed by atoms with Crippen molar-refractivity contribution in [2.45, 2.75) is 23.8 Å². The summed E-state index contributed by atoms with van der Waals surface area (Å²) in [5, 5.41) is 2.66. The molecule has 2 amide bonds. The molecule has 1 aromatic rings. The number of piperazine rings is 1. The molecule has 2 saturated heterocycles. The van der Waals surface area contributed by atoms with E-state index in [2.05, 4.69) is 21.2 Å². The molecule has 0 radical (unpaired) electrons. The molecule has 2 fully saturated rings. The SMILES string of the molecule is O=C1CC[C@@H](C(=O)N2CCN(S(=O)(=O)c3cccc(Br)c3)CC2)N1. The molecule has 0 bridgehead atoms. The van der Waals surface area contributed by atoms with Gasteiger partial charge in [-0.2, -0.15) is 4.31 Å². The number of hydrogen-bond acceptors (Lipinski definition) is 4. The molecule has 3 rings (SSSR count). The third kappa shape index (κ3) is 3.47. The number of nitrogens with one attached hydrogen (secondary N) is 1. The zero-order chi connectivity index (χ0) is 17.3. The Labute approximate surface area is 149 Å². The van der Waals surface area contributed by atoms with Crippen molar-refractivity contribution in [3.05, 3.63) is 28.7 Å². The van der Waals surface area contributed by atoms with Crippen LogP contribution in [0.3, 0.4) is 0 Å². The maximum absolute atomic E-state index is 12.7. The summed E-state index contributed by atoms with van der Waals surface area (Å²) < 4.78 is 27.4. The molecule has 0 unspecified atom stereocenters. The van der Waals surface area contributed by atoms with Crippen molar-refractivity contribution < 1.29 is 18.0 Å². The van der Waals surface area contributed by atoms with E-state index in [1.807, 2.05) is 0 Å². The first kappa shape index (κ1) is 17.4. The lowest BCUT2D eigenvalue weighted by molar-refractivity contribution is -0.135. The van der Waals surface area contributed by atoms with Gasteiger partial charge in [-0.1, -0.05) is 22.0 Å². The number of nitrogens with zero attached hydrogens (tertiary/aromatic N) is 2. The molecule has 130 valence electrons. The summed E-state index contributed by atoms with van der Waals surface area (Å²) in [6.07, 6.45) is 0.877. The number of halogens is 1. The first-order chi connectivity index (χ1) is 11.4. The summed E-state index contributed by atoms with van der Waals surface area (Å²) in [4.78, 5) is 25.5. The van der Waals surface area contributed by atoms with Gasteiger partial charge < -0.3 is 10.2 Å². The molecular weight excluding hydrogens is 398 g/mol. The van der Waals surface area contributed by atoms with Gasteiger partial charge in [0.2, 0.25) is 21.8 Å². The van der Waals surface area contributed by atoms with Crippen LogP contribution in [0.4, 0.5) is 0 Å². The fourth-order valence-corrected chi connectivity index (χ4v) is 4.96. The van der Waals surface area contributed by atoms with Crippen molar-refractivity contribution in [1.82, 2.24) is 14.5 Å². The molecule has 2 heterocycles. The zero-order valence-corrected chi connectivity index (χ0v) is 15.3. The minimum Gasteiger partial charge on any atom is -0.344 e. The zero-order valence-electron chi connectivity index (χ0n) is 12.9. The van der Waals surface area contributed by atoms with Crippen LogP contribution in [0.1, 0.15) is 12.8 Å². The summed E-state index contributed by atoms with van der Waals surface area (Å²) in [6, 6.07) is 6.11. The Morgan fingerprint density at radius 3 is 2.50 bits per heavy atom. The summed E-state index contributed by atoms with van der Waals surface area (Å²) in [6.45, 7) is 1.17. The number of rotatable bonds is 3. The highest BCUT2D eigenvalue weighted by molar-refractivity contribution is 9.10. The molecule has 0 aliphatic carbocycles. The highest BCUT2D eigenvalue weighted by Crippen LogP contribution is 2.21. The maximum atomic E-state index is 12.7. The Kier molecular flexibility index (Phi) is 4.93. The minimum absolute atomic E-state index is 0.107. The predicted octanol–water partition coefficient (Wildman–Crippen LogP) is 0.561. The fourth-order valence-electron chi connectivity index (χ4n) is 2.95. The van der Waals surface area contributed by atoms with E-state index in [0.29, 0.717) is 30.4 Å². The second kappa shape index (κ2) is 6.81. The first-order valence-corrected chi connectivity index (χ1v) is 9.95. The van der Waals surface area contributed by atoms with Crippen LogP contribution in [0.15, 0.2) is 33.6 Å². The van der Waals surface area contributed by atoms with Gasteiger partial charge >= 0.3 is 0 Å². The predicted molar refractivity (Wildman–Crippen MR) is 90.6 cm³/mol. The van der Waals surface area contributed by atoms with Crippen molar-refractivity contribution in [1.29, 1.82) is 0 Å². The van der Waals surface area contributed by atoms with Crippen LogP contribution in [-0.4, -0.2) is 61.7 Å². The minimum atomic E-state index is -3.57. The standard InChI is InChI=1S/C15H18BrN3O4S/c16-11-2-1-3-12(10-11)24(22,23)19-8-6-18(7-9-19)15(21)13-4-5-14(20)17-13/h1-3,10,13H,4-9H2,(H,17,20)/t13-/m0/s1. The van der Waals surface area contributed by atoms with Crippen molar-refractivity contribution in [3.8, 4) is 0 Å². The number of sulfonamides is 1. The average molecular weight is 416 g/mol. The molecule has 7 nitrogen and oxygen atoms in total. The number of hydrogen-bond donors (Lipinski definition) is 1. The molecule has 2 aliphatic heterocycles. The van der Waals surface area contributed by atoms with E-state index in [1.165, 1.54) is 4.31 Å². The van der Waals surface area contributed by atoms with E-state index >= 15 is 0 Å². The van der Waals surface area contributed by atoms with Crippen LogP contribution >= 0.6 is 15.9 Å². The second-order valence-electron chi connectivity index (χ2n) is 5.85. The van der Waals surface area contributed by atoms with Crippen LogP contribution in [-0.2, 0) is 19.6 Å². The molecule has 0 aromatic heterocycles. The quantitative estimate of drug-likeness (QED) is 0.781. The van der Waals surface area contributed by atoms with Crippen LogP contribution in [0.5, 0.6) is 0 Å². The molecule has 0 spiro atoms. The number of amides is 2. The van der Waals surface area contributed by atoms with Crippen LogP contribution < -0.4 is 5.32 Å². The summed E-state index contributed by atoms with van der Waals surface area (Å²) in [5.41, 5.74) is 0. The van der Waals surface area contributed by atoms with Gasteiger partial charge in [-0.25, -0.2) is 8.42 Å². The molecule has 2 aliphatic rings. The Balaban J connectivity index is 1.64. The Morgan fingerprint density at radius 2 is 1.92 bits per heavy atom. The molecule has 1 atom stereocenters. The average Bonchev–Trinajstić information content (AvgIpc) is 3.01. The molecule has 24 heavy (non-hydrogen) atoms. The van der Waals surface area contributed by atoms with Gasteiger partial charge in [0.05, 0.1) is 4.90 Å². The van der Waals surface area contributed by atoms with Crippen molar-refractivity contribution >= 4 is 37.8 Å². The Morgan fingerprint density at radius 1 is 1.21 bits per heavy atom. The van der Waals surface area contributed by atoms with Gasteiger partial charge in [0.15, 0.2) is 0 Å². The van der Waals surface area contributed by atoms with E-state index in [9.17, 15) is 18.0 Å². The van der Waals surface area contributed by atoms with Gasteiger partial charge in [-0.15, -0.1) is 0 Å². The van der Waals surface area contributed by atoms with Gasteiger partial charge in [0.1, 0.15) is 6.04 Å². The van der Waals surface area contributed by atoms with Crippen molar-refractivity contribution in [3.63, 3.8) is 0 Å². The first-order valence-electron chi connectivity index (χ1n) is 7.72. The van der Waals surface area contributed by atoms with E-state index < -0.39 is 16.1 Å². The van der Waals surface area contributed by atoms with E-state index in [-0.39, 0.29) is 29.8 Å². The van der Waals surface area contributed by atoms with Crippen molar-refractivity contribution in [2.75, 3.05) is 26.2 Å². The van der Waals surface area contributed by atoms with Gasteiger partial charge in [-0.05, 0) is 24.6 Å². The Bertz CT molecular complexity index is 760. The lowest BCUT2D eigenvalue weighted by Gasteiger charge is -2.35. The summed E-state index contributed by atoms with van der Waals surface area (Å²) >= 11 is 3.28. The van der Waals surface area contributed by atoms with Crippen LogP contribution in [0.2, 0.25) is 0 Å². The van der Waals surface area contributed by atoms with Gasteiger partial charge in [-0.3, -0.25) is 9.59 Å². The largest absolute Gasteiger partial charge is 0.344 e. The van der Waals surface area contributed by atoms with E-state index in [1.54, 1.807) is 29.2 Å². The topological polar surface area (TPSA) is 86.8 Å². The van der Waals surface area contributed by atoms with E-state index in [0.717, 1.165) is 0 Å². The lowest BCUT2D eigenvalue weighted by Crippen LogP contribution is -2.54. The normalized spacial score (nSPS) is 22.5. The molecule has 9 heteroatoms. The van der Waals surface area contributed by atoms with Gasteiger partial charge in [0.25, 0.3) is 0 Å². The maximum Gasteiger partial charge on any atom is 0.245 e. The monoisotopic (exact) mass is 415 g/mol. The van der Waals surface area contributed by atoms with Crippen molar-refractivity contribution in [2.24, 2.45) is 0 Å². The number of carbonyl (C=O) groups excluding carboxylic acids is 2. The molecular formula is C15H18BrN3O4S. The lowest BCUT2D eigenvalue weighted by atomic mass is 10.2. The molecule has 0 saturated carbocycles. The Hall–Kier alpha value is -1.45. The number of benzene rings is 1. The van der Waals surface area contributed by atoms with Crippen LogP contribution in [0.25, 0.3) is 0 Å².